The molecule has 0 saturated heterocycles. The standard InChI is InChI=1S/C14H17ClN4O2/c1-20-8-11-18-13(15)12(16)14(19-11)17-7-9-5-3-4-6-10(9)21-2/h3-6H,7-8,16H2,1-2H3,(H,17,18,19). The van der Waals surface area contributed by atoms with Gasteiger partial charge in [0.1, 0.15) is 18.0 Å². The van der Waals surface area contributed by atoms with Gasteiger partial charge >= 0.3 is 0 Å². The molecule has 2 rings (SSSR count). The molecule has 0 bridgehead atoms. The van der Waals surface area contributed by atoms with Crippen LogP contribution in [-0.2, 0) is 17.9 Å². The average Bonchev–Trinajstić information content (AvgIpc) is 2.50. The van der Waals surface area contributed by atoms with Gasteiger partial charge in [-0.05, 0) is 6.07 Å². The normalized spacial score (nSPS) is 10.4. The van der Waals surface area contributed by atoms with Crippen molar-refractivity contribution < 1.29 is 9.47 Å². The molecule has 1 aromatic heterocycles. The number of nitrogens with two attached hydrogens (primary N) is 1. The number of hydrogen-bond acceptors (Lipinski definition) is 6. The van der Waals surface area contributed by atoms with Crippen LogP contribution in [0.4, 0.5) is 11.5 Å². The number of anilines is 2. The highest BCUT2D eigenvalue weighted by molar-refractivity contribution is 6.32. The summed E-state index contributed by atoms with van der Waals surface area (Å²) in [5, 5.41) is 3.36. The first kappa shape index (κ1) is 15.3. The van der Waals surface area contributed by atoms with E-state index in [1.807, 2.05) is 24.3 Å². The first-order chi connectivity index (χ1) is 10.2. The summed E-state index contributed by atoms with van der Waals surface area (Å²) < 4.78 is 10.3. The zero-order chi connectivity index (χ0) is 15.2. The summed E-state index contributed by atoms with van der Waals surface area (Å²) in [5.74, 6) is 1.74. The molecule has 112 valence electrons. The number of nitrogens with zero attached hydrogens (tertiary/aromatic N) is 2. The second-order valence-corrected chi connectivity index (χ2v) is 4.65. The molecular formula is C14H17ClN4O2. The van der Waals surface area contributed by atoms with Crippen LogP contribution >= 0.6 is 11.6 Å². The Balaban J connectivity index is 2.19. The molecule has 0 aliphatic heterocycles. The summed E-state index contributed by atoms with van der Waals surface area (Å²) in [5.41, 5.74) is 7.19. The van der Waals surface area contributed by atoms with Gasteiger partial charge in [0.25, 0.3) is 0 Å². The number of aromatic nitrogens is 2. The molecule has 0 atom stereocenters. The maximum absolute atomic E-state index is 6.00. The zero-order valence-electron chi connectivity index (χ0n) is 11.9. The molecule has 0 amide bonds. The second kappa shape index (κ2) is 7.10. The molecule has 2 aromatic rings. The Labute approximate surface area is 128 Å². The Hall–Kier alpha value is -2.05. The minimum Gasteiger partial charge on any atom is -0.496 e. The maximum Gasteiger partial charge on any atom is 0.158 e. The van der Waals surface area contributed by atoms with E-state index >= 15 is 0 Å². The van der Waals surface area contributed by atoms with E-state index in [4.69, 9.17) is 26.8 Å². The molecule has 0 aliphatic carbocycles. The van der Waals surface area contributed by atoms with Gasteiger partial charge in [-0.2, -0.15) is 0 Å². The van der Waals surface area contributed by atoms with E-state index in [0.717, 1.165) is 11.3 Å². The Morgan fingerprint density at radius 1 is 1.24 bits per heavy atom. The predicted molar refractivity (Wildman–Crippen MR) is 82.5 cm³/mol. The predicted octanol–water partition coefficient (Wildman–Crippen LogP) is 2.48. The first-order valence-electron chi connectivity index (χ1n) is 6.32. The highest BCUT2D eigenvalue weighted by atomic mass is 35.5. The van der Waals surface area contributed by atoms with E-state index in [0.29, 0.717) is 23.9 Å². The van der Waals surface area contributed by atoms with Crippen molar-refractivity contribution in [3.63, 3.8) is 0 Å². The van der Waals surface area contributed by atoms with E-state index in [1.54, 1.807) is 14.2 Å². The van der Waals surface area contributed by atoms with Crippen LogP contribution in [0.3, 0.4) is 0 Å². The third-order valence-electron chi connectivity index (χ3n) is 2.86. The lowest BCUT2D eigenvalue weighted by atomic mass is 10.2. The summed E-state index contributed by atoms with van der Waals surface area (Å²) in [6, 6.07) is 7.70. The lowest BCUT2D eigenvalue weighted by Gasteiger charge is -2.12. The van der Waals surface area contributed by atoms with Crippen molar-refractivity contribution in [2.24, 2.45) is 0 Å². The average molecular weight is 309 g/mol. The number of para-hydroxylation sites is 1. The Bertz CT molecular complexity index is 622. The third kappa shape index (κ3) is 3.74. The highest BCUT2D eigenvalue weighted by Crippen LogP contribution is 2.25. The molecule has 1 aromatic carbocycles. The van der Waals surface area contributed by atoms with Crippen molar-refractivity contribution in [3.05, 3.63) is 40.8 Å². The molecule has 0 unspecified atom stereocenters. The van der Waals surface area contributed by atoms with Gasteiger partial charge in [0, 0.05) is 19.2 Å². The lowest BCUT2D eigenvalue weighted by Crippen LogP contribution is -2.09. The van der Waals surface area contributed by atoms with Gasteiger partial charge in [-0.1, -0.05) is 29.8 Å². The van der Waals surface area contributed by atoms with Crippen LogP contribution in [0.1, 0.15) is 11.4 Å². The van der Waals surface area contributed by atoms with E-state index in [1.165, 1.54) is 0 Å². The summed E-state index contributed by atoms with van der Waals surface area (Å²) in [6.45, 7) is 0.775. The zero-order valence-corrected chi connectivity index (χ0v) is 12.6. The fourth-order valence-corrected chi connectivity index (χ4v) is 2.03. The third-order valence-corrected chi connectivity index (χ3v) is 3.15. The van der Waals surface area contributed by atoms with Gasteiger partial charge in [0.2, 0.25) is 0 Å². The number of hydrogen-bond donors (Lipinski definition) is 2. The number of ether oxygens (including phenoxy) is 2. The molecule has 1 heterocycles. The van der Waals surface area contributed by atoms with Crippen molar-refractivity contribution >= 4 is 23.1 Å². The van der Waals surface area contributed by atoms with Crippen molar-refractivity contribution in [2.75, 3.05) is 25.3 Å². The molecule has 21 heavy (non-hydrogen) atoms. The van der Waals surface area contributed by atoms with Crippen LogP contribution < -0.4 is 15.8 Å². The summed E-state index contributed by atoms with van der Waals surface area (Å²) in [4.78, 5) is 8.35. The summed E-state index contributed by atoms with van der Waals surface area (Å²) in [6.07, 6.45) is 0. The van der Waals surface area contributed by atoms with E-state index in [2.05, 4.69) is 15.3 Å². The molecule has 0 saturated carbocycles. The van der Waals surface area contributed by atoms with Crippen molar-refractivity contribution in [3.8, 4) is 5.75 Å². The minimum absolute atomic E-state index is 0.208. The van der Waals surface area contributed by atoms with E-state index < -0.39 is 0 Å². The monoisotopic (exact) mass is 308 g/mol. The van der Waals surface area contributed by atoms with Crippen LogP contribution in [0.25, 0.3) is 0 Å². The van der Waals surface area contributed by atoms with Gasteiger partial charge in [-0.3, -0.25) is 0 Å². The molecule has 0 aliphatic rings. The molecule has 6 nitrogen and oxygen atoms in total. The van der Waals surface area contributed by atoms with Gasteiger partial charge in [-0.25, -0.2) is 9.97 Å². The molecule has 0 spiro atoms. The van der Waals surface area contributed by atoms with Gasteiger partial charge < -0.3 is 20.5 Å². The SMILES string of the molecule is COCc1nc(Cl)c(N)c(NCc2ccccc2OC)n1. The van der Waals surface area contributed by atoms with Crippen molar-refractivity contribution in [1.29, 1.82) is 0 Å². The lowest BCUT2D eigenvalue weighted by molar-refractivity contribution is 0.178. The van der Waals surface area contributed by atoms with Crippen LogP contribution in [0.2, 0.25) is 5.15 Å². The van der Waals surface area contributed by atoms with E-state index in [-0.39, 0.29) is 11.8 Å². The number of methoxy groups -OCH3 is 2. The number of nitrogens with one attached hydrogen (secondary N) is 1. The van der Waals surface area contributed by atoms with Crippen LogP contribution in [0.5, 0.6) is 5.75 Å². The molecule has 3 N–H and O–H groups in total. The van der Waals surface area contributed by atoms with Crippen LogP contribution in [-0.4, -0.2) is 24.2 Å². The van der Waals surface area contributed by atoms with Gasteiger partial charge in [0.05, 0.1) is 7.11 Å². The molecule has 0 radical (unpaired) electrons. The molecule has 7 heteroatoms. The second-order valence-electron chi connectivity index (χ2n) is 4.29. The van der Waals surface area contributed by atoms with Crippen molar-refractivity contribution in [1.82, 2.24) is 9.97 Å². The summed E-state index contributed by atoms with van der Waals surface area (Å²) in [7, 11) is 3.20. The fourth-order valence-electron chi connectivity index (χ4n) is 1.84. The molecular weight excluding hydrogens is 292 g/mol. The van der Waals surface area contributed by atoms with E-state index in [9.17, 15) is 0 Å². The first-order valence-corrected chi connectivity index (χ1v) is 6.70. The number of rotatable bonds is 6. The van der Waals surface area contributed by atoms with Gasteiger partial charge in [0.15, 0.2) is 16.8 Å². The number of nitrogen functional groups attached to an aromatic ring is 1. The fraction of sp³-hybridized carbons (Fsp3) is 0.286. The Kier molecular flexibility index (Phi) is 5.19. The Morgan fingerprint density at radius 3 is 2.71 bits per heavy atom. The maximum atomic E-state index is 6.00. The smallest absolute Gasteiger partial charge is 0.158 e. The minimum atomic E-state index is 0.208. The van der Waals surface area contributed by atoms with Gasteiger partial charge in [-0.15, -0.1) is 0 Å². The molecule has 0 fully saturated rings. The number of halogens is 1. The van der Waals surface area contributed by atoms with Crippen LogP contribution in [0, 0.1) is 0 Å². The van der Waals surface area contributed by atoms with Crippen LogP contribution in [0.15, 0.2) is 24.3 Å². The Morgan fingerprint density at radius 2 is 2.00 bits per heavy atom. The summed E-state index contributed by atoms with van der Waals surface area (Å²) >= 11 is 6.00. The topological polar surface area (TPSA) is 82.3 Å². The highest BCUT2D eigenvalue weighted by Gasteiger charge is 2.11. The number of benzene rings is 1. The van der Waals surface area contributed by atoms with Crippen molar-refractivity contribution in [2.45, 2.75) is 13.2 Å². The largest absolute Gasteiger partial charge is 0.496 e. The quantitative estimate of drug-likeness (QED) is 0.798.